The van der Waals surface area contributed by atoms with E-state index in [1.54, 1.807) is 25.4 Å². The van der Waals surface area contributed by atoms with Gasteiger partial charge in [0.15, 0.2) is 5.90 Å². The molecule has 0 saturated heterocycles. The molecule has 10 heteroatoms. The zero-order valence-electron chi connectivity index (χ0n) is 20.0. The van der Waals surface area contributed by atoms with Gasteiger partial charge in [-0.05, 0) is 49.9 Å². The van der Waals surface area contributed by atoms with E-state index in [9.17, 15) is 13.6 Å². The van der Waals surface area contributed by atoms with Crippen molar-refractivity contribution in [3.8, 4) is 11.5 Å². The Hall–Kier alpha value is -3.53. The lowest BCUT2D eigenvalue weighted by molar-refractivity contribution is -0.159. The third-order valence-corrected chi connectivity index (χ3v) is 5.22. The summed E-state index contributed by atoms with van der Waals surface area (Å²) in [5.41, 5.74) is 2.28. The van der Waals surface area contributed by atoms with E-state index in [1.165, 1.54) is 12.1 Å². The molecule has 0 aliphatic carbocycles. The molecule has 1 amide bonds. The Bertz CT molecular complexity index is 1080. The van der Waals surface area contributed by atoms with Crippen LogP contribution in [0.4, 0.5) is 8.78 Å². The maximum Gasteiger partial charge on any atom is 0.394 e. The average Bonchev–Trinajstić information content (AvgIpc) is 2.80. The highest BCUT2D eigenvalue weighted by Gasteiger charge is 2.31. The second kappa shape index (κ2) is 11.7. The van der Waals surface area contributed by atoms with Crippen molar-refractivity contribution < 1.29 is 28.2 Å². The fourth-order valence-electron chi connectivity index (χ4n) is 3.59. The van der Waals surface area contributed by atoms with Crippen molar-refractivity contribution >= 4 is 11.8 Å². The van der Waals surface area contributed by atoms with Crippen LogP contribution in [0.2, 0.25) is 0 Å². The number of aliphatic imine (C=N–C) groups is 1. The zero-order valence-corrected chi connectivity index (χ0v) is 20.0. The van der Waals surface area contributed by atoms with Gasteiger partial charge in [-0.1, -0.05) is 12.1 Å². The van der Waals surface area contributed by atoms with Crippen LogP contribution in [0.25, 0.3) is 0 Å². The summed E-state index contributed by atoms with van der Waals surface area (Å²) in [6, 6.07) is 9.80. The summed E-state index contributed by atoms with van der Waals surface area (Å²) in [6.07, 6.45) is -0.290. The molecule has 8 nitrogen and oxygen atoms in total. The maximum atomic E-state index is 13.3. The number of ether oxygens (including phenoxy) is 2. The number of hydrogen-bond donors (Lipinski definition) is 3. The first-order valence-corrected chi connectivity index (χ1v) is 11.3. The standard InChI is InChI=1S/C25H30F2N4O4/c1-16-8-9-17(15-30-16)12-18-13-21(23(33)29-10-5-11-32)22(28-3)31-24(18)34-19-6-4-7-20(14-19)35-25(2,26)27/h4,6-9,14-15,18,28,32H,5,10-13H2,1-3H3,(H,29,33). The molecule has 2 heterocycles. The van der Waals surface area contributed by atoms with Crippen LogP contribution in [-0.4, -0.2) is 48.2 Å². The predicted molar refractivity (Wildman–Crippen MR) is 127 cm³/mol. The molecule has 188 valence electrons. The smallest absolute Gasteiger partial charge is 0.394 e. The highest BCUT2D eigenvalue weighted by molar-refractivity contribution is 5.97. The van der Waals surface area contributed by atoms with Crippen LogP contribution in [0.1, 0.15) is 31.0 Å². The molecule has 35 heavy (non-hydrogen) atoms. The molecule has 1 aromatic carbocycles. The molecule has 0 saturated carbocycles. The van der Waals surface area contributed by atoms with Crippen molar-refractivity contribution in [3.63, 3.8) is 0 Å². The van der Waals surface area contributed by atoms with Crippen LogP contribution in [0.3, 0.4) is 0 Å². The van der Waals surface area contributed by atoms with Gasteiger partial charge in [0.1, 0.15) is 17.3 Å². The Morgan fingerprint density at radius 1 is 1.26 bits per heavy atom. The summed E-state index contributed by atoms with van der Waals surface area (Å²) >= 11 is 0. The van der Waals surface area contributed by atoms with Crippen LogP contribution >= 0.6 is 0 Å². The number of aliphatic hydroxyl groups excluding tert-OH is 1. The van der Waals surface area contributed by atoms with Gasteiger partial charge in [-0.2, -0.15) is 13.8 Å². The van der Waals surface area contributed by atoms with Crippen molar-refractivity contribution in [2.24, 2.45) is 10.9 Å². The van der Waals surface area contributed by atoms with Crippen molar-refractivity contribution in [2.75, 3.05) is 20.2 Å². The molecule has 3 N–H and O–H groups in total. The molecule has 0 spiro atoms. The number of rotatable bonds is 10. The number of aryl methyl sites for hydroxylation is 1. The summed E-state index contributed by atoms with van der Waals surface area (Å²) in [6.45, 7) is 2.87. The number of hydrogen-bond acceptors (Lipinski definition) is 7. The van der Waals surface area contributed by atoms with Crippen LogP contribution in [0.15, 0.2) is 59.0 Å². The van der Waals surface area contributed by atoms with Crippen molar-refractivity contribution in [2.45, 2.75) is 39.2 Å². The van der Waals surface area contributed by atoms with Crippen LogP contribution < -0.4 is 20.1 Å². The highest BCUT2D eigenvalue weighted by Crippen LogP contribution is 2.30. The van der Waals surface area contributed by atoms with E-state index >= 15 is 0 Å². The van der Waals surface area contributed by atoms with E-state index in [2.05, 4.69) is 25.3 Å². The summed E-state index contributed by atoms with van der Waals surface area (Å²) in [7, 11) is 1.65. The lowest BCUT2D eigenvalue weighted by Crippen LogP contribution is -2.35. The van der Waals surface area contributed by atoms with E-state index in [0.29, 0.717) is 50.0 Å². The number of halogens is 2. The molecule has 1 aliphatic rings. The quantitative estimate of drug-likeness (QED) is 0.443. The van der Waals surface area contributed by atoms with Crippen molar-refractivity contribution in [1.82, 2.24) is 15.6 Å². The lowest BCUT2D eigenvalue weighted by atomic mass is 9.90. The van der Waals surface area contributed by atoms with E-state index in [-0.39, 0.29) is 29.9 Å². The minimum Gasteiger partial charge on any atom is -0.442 e. The Morgan fingerprint density at radius 2 is 2.03 bits per heavy atom. The Morgan fingerprint density at radius 3 is 2.69 bits per heavy atom. The van der Waals surface area contributed by atoms with E-state index in [1.807, 2.05) is 19.1 Å². The number of amides is 1. The van der Waals surface area contributed by atoms with E-state index in [0.717, 1.165) is 11.3 Å². The largest absolute Gasteiger partial charge is 0.442 e. The monoisotopic (exact) mass is 488 g/mol. The minimum atomic E-state index is -3.33. The van der Waals surface area contributed by atoms with Gasteiger partial charge in [0.05, 0.1) is 5.57 Å². The summed E-state index contributed by atoms with van der Waals surface area (Å²) in [4.78, 5) is 21.7. The number of alkyl halides is 2. The highest BCUT2D eigenvalue weighted by atomic mass is 19.3. The fraction of sp³-hybridized carbons (Fsp3) is 0.400. The van der Waals surface area contributed by atoms with Gasteiger partial charge < -0.3 is 25.2 Å². The van der Waals surface area contributed by atoms with Crippen LogP contribution in [-0.2, 0) is 11.2 Å². The van der Waals surface area contributed by atoms with Crippen LogP contribution in [0.5, 0.6) is 11.5 Å². The molecule has 0 fully saturated rings. The Balaban J connectivity index is 1.91. The summed E-state index contributed by atoms with van der Waals surface area (Å²) < 4.78 is 37.3. The van der Waals surface area contributed by atoms with Gasteiger partial charge in [-0.25, -0.2) is 0 Å². The fourth-order valence-corrected chi connectivity index (χ4v) is 3.59. The van der Waals surface area contributed by atoms with Gasteiger partial charge in [-0.3, -0.25) is 9.78 Å². The average molecular weight is 489 g/mol. The van der Waals surface area contributed by atoms with Gasteiger partial charge in [0.2, 0.25) is 0 Å². The van der Waals surface area contributed by atoms with Gasteiger partial charge in [0, 0.05) is 51.0 Å². The number of benzene rings is 1. The SMILES string of the molecule is CNC1=C(C(=O)NCCCO)CC(Cc2ccc(C)nc2)C(Oc2cccc(OC(C)(F)F)c2)=N1. The van der Waals surface area contributed by atoms with Crippen molar-refractivity contribution in [1.29, 1.82) is 0 Å². The molecular weight excluding hydrogens is 458 g/mol. The first-order valence-electron chi connectivity index (χ1n) is 11.3. The second-order valence-corrected chi connectivity index (χ2v) is 8.26. The number of aliphatic hydroxyl groups is 1. The third-order valence-electron chi connectivity index (χ3n) is 5.22. The molecule has 1 atom stereocenters. The summed E-state index contributed by atoms with van der Waals surface area (Å²) in [5.74, 6) is 0.336. The molecule has 1 aliphatic heterocycles. The first kappa shape index (κ1) is 26.1. The van der Waals surface area contributed by atoms with Gasteiger partial charge in [0.25, 0.3) is 5.91 Å². The Labute approximate surface area is 203 Å². The molecule has 1 aromatic heterocycles. The molecular formula is C25H30F2N4O4. The van der Waals surface area contributed by atoms with Crippen molar-refractivity contribution in [3.05, 3.63) is 65.2 Å². The number of aromatic nitrogens is 1. The number of pyridine rings is 1. The molecule has 0 bridgehead atoms. The predicted octanol–water partition coefficient (Wildman–Crippen LogP) is 3.35. The minimum absolute atomic E-state index is 0.0237. The third kappa shape index (κ3) is 7.74. The maximum absolute atomic E-state index is 13.3. The first-order chi connectivity index (χ1) is 16.7. The van der Waals surface area contributed by atoms with E-state index < -0.39 is 6.11 Å². The second-order valence-electron chi connectivity index (χ2n) is 8.26. The van der Waals surface area contributed by atoms with E-state index in [4.69, 9.17) is 9.84 Å². The van der Waals surface area contributed by atoms with Gasteiger partial charge in [-0.15, -0.1) is 0 Å². The van der Waals surface area contributed by atoms with Crippen LogP contribution in [0, 0.1) is 12.8 Å². The number of nitrogens with zero attached hydrogens (tertiary/aromatic N) is 2. The number of nitrogens with one attached hydrogen (secondary N) is 2. The molecule has 1 unspecified atom stereocenters. The van der Waals surface area contributed by atoms with Gasteiger partial charge >= 0.3 is 6.11 Å². The molecule has 2 aromatic rings. The Kier molecular flexibility index (Phi) is 8.75. The number of carbonyl (C=O) groups excluding carboxylic acids is 1. The number of carbonyl (C=O) groups is 1. The summed E-state index contributed by atoms with van der Waals surface area (Å²) in [5, 5.41) is 14.7. The lowest BCUT2D eigenvalue weighted by Gasteiger charge is -2.26. The topological polar surface area (TPSA) is 105 Å². The molecule has 3 rings (SSSR count). The normalized spacial score (nSPS) is 15.9. The molecule has 0 radical (unpaired) electrons. The zero-order chi connectivity index (χ0) is 25.4.